The largest absolute Gasteiger partial charge is 0.207 e. The molecular weight excluding hydrogens is 175 g/mol. The van der Waals surface area contributed by atoms with Gasteiger partial charge in [-0.15, -0.1) is 0 Å². The molecule has 0 aromatic heterocycles. The molecule has 1 saturated carbocycles. The zero-order chi connectivity index (χ0) is 9.97. The van der Waals surface area contributed by atoms with E-state index >= 15 is 0 Å². The van der Waals surface area contributed by atoms with Crippen molar-refractivity contribution in [1.82, 2.24) is 0 Å². The van der Waals surface area contributed by atoms with Crippen LogP contribution in [-0.2, 0) is 6.42 Å². The van der Waals surface area contributed by atoms with Crippen molar-refractivity contribution in [2.75, 3.05) is 0 Å². The average molecular weight is 192 g/mol. The molecule has 0 N–H and O–H groups in total. The van der Waals surface area contributed by atoms with Gasteiger partial charge in [0.25, 0.3) is 0 Å². The standard InChI is InChI=1S/C13H17F/c1-10-6-7-13(14)12(8-10)9-11-4-2-3-5-11/h6-8,11H,2-5,9H2,1H3. The van der Waals surface area contributed by atoms with Crippen molar-refractivity contribution in [3.8, 4) is 0 Å². The quantitative estimate of drug-likeness (QED) is 0.667. The van der Waals surface area contributed by atoms with Gasteiger partial charge in [-0.05, 0) is 30.9 Å². The first-order valence-electron chi connectivity index (χ1n) is 5.51. The molecule has 0 unspecified atom stereocenters. The predicted octanol–water partition coefficient (Wildman–Crippen LogP) is 3.87. The van der Waals surface area contributed by atoms with Gasteiger partial charge in [0.15, 0.2) is 0 Å². The summed E-state index contributed by atoms with van der Waals surface area (Å²) in [6, 6.07) is 5.43. The molecule has 0 amide bonds. The van der Waals surface area contributed by atoms with Crippen LogP contribution in [-0.4, -0.2) is 0 Å². The summed E-state index contributed by atoms with van der Waals surface area (Å²) in [4.78, 5) is 0. The average Bonchev–Trinajstić information content (AvgIpc) is 2.64. The van der Waals surface area contributed by atoms with E-state index in [1.165, 1.54) is 31.2 Å². The van der Waals surface area contributed by atoms with Crippen LogP contribution in [0.4, 0.5) is 4.39 Å². The molecule has 1 aliphatic rings. The Morgan fingerprint density at radius 3 is 2.71 bits per heavy atom. The van der Waals surface area contributed by atoms with E-state index < -0.39 is 0 Å². The number of benzene rings is 1. The summed E-state index contributed by atoms with van der Waals surface area (Å²) in [7, 11) is 0. The normalized spacial score (nSPS) is 17.6. The molecule has 1 heteroatoms. The lowest BCUT2D eigenvalue weighted by Crippen LogP contribution is -2.01. The van der Waals surface area contributed by atoms with Gasteiger partial charge in [0.05, 0.1) is 0 Å². The molecule has 0 radical (unpaired) electrons. The van der Waals surface area contributed by atoms with E-state index in [0.29, 0.717) is 0 Å². The highest BCUT2D eigenvalue weighted by Crippen LogP contribution is 2.28. The zero-order valence-corrected chi connectivity index (χ0v) is 8.72. The second kappa shape index (κ2) is 4.12. The Bertz CT molecular complexity index is 311. The molecule has 2 rings (SSSR count). The van der Waals surface area contributed by atoms with E-state index in [1.54, 1.807) is 6.07 Å². The Morgan fingerprint density at radius 1 is 1.29 bits per heavy atom. The van der Waals surface area contributed by atoms with Crippen molar-refractivity contribution >= 4 is 0 Å². The number of hydrogen-bond acceptors (Lipinski definition) is 0. The van der Waals surface area contributed by atoms with Gasteiger partial charge in [-0.1, -0.05) is 43.4 Å². The van der Waals surface area contributed by atoms with E-state index in [1.807, 2.05) is 19.1 Å². The molecule has 0 spiro atoms. The fourth-order valence-electron chi connectivity index (χ4n) is 2.39. The van der Waals surface area contributed by atoms with Crippen molar-refractivity contribution < 1.29 is 4.39 Å². The molecule has 76 valence electrons. The number of aryl methyl sites for hydroxylation is 1. The van der Waals surface area contributed by atoms with E-state index in [4.69, 9.17) is 0 Å². The van der Waals surface area contributed by atoms with Gasteiger partial charge < -0.3 is 0 Å². The molecule has 0 bridgehead atoms. The van der Waals surface area contributed by atoms with Crippen LogP contribution >= 0.6 is 0 Å². The molecule has 1 aliphatic carbocycles. The summed E-state index contributed by atoms with van der Waals surface area (Å²) in [6.45, 7) is 2.03. The van der Waals surface area contributed by atoms with Crippen LogP contribution < -0.4 is 0 Å². The van der Waals surface area contributed by atoms with Crippen LogP contribution in [0.1, 0.15) is 36.8 Å². The van der Waals surface area contributed by atoms with E-state index in [9.17, 15) is 4.39 Å². The van der Waals surface area contributed by atoms with Crippen molar-refractivity contribution in [3.05, 3.63) is 35.1 Å². The lowest BCUT2D eigenvalue weighted by Gasteiger charge is -2.10. The van der Waals surface area contributed by atoms with Crippen molar-refractivity contribution in [1.29, 1.82) is 0 Å². The van der Waals surface area contributed by atoms with Gasteiger partial charge in [0.2, 0.25) is 0 Å². The molecule has 14 heavy (non-hydrogen) atoms. The summed E-state index contributed by atoms with van der Waals surface area (Å²) in [5.41, 5.74) is 2.08. The molecule has 1 aromatic rings. The fourth-order valence-corrected chi connectivity index (χ4v) is 2.39. The predicted molar refractivity (Wildman–Crippen MR) is 56.8 cm³/mol. The number of hydrogen-bond donors (Lipinski definition) is 0. The van der Waals surface area contributed by atoms with Gasteiger partial charge in [-0.3, -0.25) is 0 Å². The third kappa shape index (κ3) is 2.14. The Kier molecular flexibility index (Phi) is 2.85. The molecule has 0 aliphatic heterocycles. The van der Waals surface area contributed by atoms with Crippen molar-refractivity contribution in [3.63, 3.8) is 0 Å². The summed E-state index contributed by atoms with van der Waals surface area (Å²) >= 11 is 0. The number of halogens is 1. The second-order valence-electron chi connectivity index (χ2n) is 4.45. The monoisotopic (exact) mass is 192 g/mol. The minimum Gasteiger partial charge on any atom is -0.207 e. The molecule has 0 atom stereocenters. The van der Waals surface area contributed by atoms with Crippen LogP contribution in [0, 0.1) is 18.7 Å². The molecule has 0 nitrogen and oxygen atoms in total. The SMILES string of the molecule is Cc1ccc(F)c(CC2CCCC2)c1. The Morgan fingerprint density at radius 2 is 2.00 bits per heavy atom. The smallest absolute Gasteiger partial charge is 0.126 e. The maximum atomic E-state index is 13.4. The van der Waals surface area contributed by atoms with Crippen LogP contribution in [0.3, 0.4) is 0 Å². The summed E-state index contributed by atoms with van der Waals surface area (Å²) in [5, 5.41) is 0. The minimum atomic E-state index is -0.0255. The van der Waals surface area contributed by atoms with Gasteiger partial charge in [-0.25, -0.2) is 4.39 Å². The molecule has 0 heterocycles. The zero-order valence-electron chi connectivity index (χ0n) is 8.72. The van der Waals surface area contributed by atoms with Gasteiger partial charge in [0.1, 0.15) is 5.82 Å². The van der Waals surface area contributed by atoms with Gasteiger partial charge in [-0.2, -0.15) is 0 Å². The summed E-state index contributed by atoms with van der Waals surface area (Å²) in [6.07, 6.45) is 6.17. The van der Waals surface area contributed by atoms with Crippen LogP contribution in [0.2, 0.25) is 0 Å². The maximum Gasteiger partial charge on any atom is 0.126 e. The minimum absolute atomic E-state index is 0.0255. The first-order valence-corrected chi connectivity index (χ1v) is 5.51. The van der Waals surface area contributed by atoms with Crippen LogP contribution in [0.5, 0.6) is 0 Å². The highest BCUT2D eigenvalue weighted by atomic mass is 19.1. The van der Waals surface area contributed by atoms with Gasteiger partial charge in [0, 0.05) is 0 Å². The second-order valence-corrected chi connectivity index (χ2v) is 4.45. The molecule has 1 fully saturated rings. The maximum absolute atomic E-state index is 13.4. The lowest BCUT2D eigenvalue weighted by molar-refractivity contribution is 0.520. The Hall–Kier alpha value is -0.850. The highest BCUT2D eigenvalue weighted by Gasteiger charge is 2.16. The van der Waals surface area contributed by atoms with E-state index in [2.05, 4.69) is 0 Å². The fraction of sp³-hybridized carbons (Fsp3) is 0.538. The first kappa shape index (κ1) is 9.70. The lowest BCUT2D eigenvalue weighted by atomic mass is 9.96. The third-order valence-corrected chi connectivity index (χ3v) is 3.18. The topological polar surface area (TPSA) is 0 Å². The van der Waals surface area contributed by atoms with E-state index in [-0.39, 0.29) is 5.82 Å². The van der Waals surface area contributed by atoms with E-state index in [0.717, 1.165) is 17.9 Å². The highest BCUT2D eigenvalue weighted by molar-refractivity contribution is 5.24. The van der Waals surface area contributed by atoms with Crippen molar-refractivity contribution in [2.45, 2.75) is 39.0 Å². The Labute approximate surface area is 85.1 Å². The summed E-state index contributed by atoms with van der Waals surface area (Å²) in [5.74, 6) is 0.703. The van der Waals surface area contributed by atoms with Crippen LogP contribution in [0.15, 0.2) is 18.2 Å². The molecular formula is C13H17F. The van der Waals surface area contributed by atoms with Crippen LogP contribution in [0.25, 0.3) is 0 Å². The number of rotatable bonds is 2. The molecule has 0 saturated heterocycles. The van der Waals surface area contributed by atoms with Crippen molar-refractivity contribution in [2.24, 2.45) is 5.92 Å². The molecule has 1 aromatic carbocycles. The third-order valence-electron chi connectivity index (χ3n) is 3.18. The first-order chi connectivity index (χ1) is 6.75. The Balaban J connectivity index is 2.10. The van der Waals surface area contributed by atoms with Gasteiger partial charge >= 0.3 is 0 Å². The summed E-state index contributed by atoms with van der Waals surface area (Å²) < 4.78 is 13.4.